The molecule has 0 aliphatic carbocycles. The Hall–Kier alpha value is -1.85. The molecule has 2 aromatic heterocycles. The van der Waals surface area contributed by atoms with Crippen LogP contribution in [0.4, 0.5) is 5.95 Å². The molecular weight excluding hydrogens is 180 g/mol. The lowest BCUT2D eigenvalue weighted by Crippen LogP contribution is -2.09. The number of anilines is 1. The van der Waals surface area contributed by atoms with Gasteiger partial charge in [0.1, 0.15) is 0 Å². The summed E-state index contributed by atoms with van der Waals surface area (Å²) in [5, 5.41) is 10.6. The standard InChI is InChI=1S/C8H12N6/c1-9-8-10-2-4-13(8)6-7-14-5-3-11-12-14/h2-5H,6-7H2,1H3,(H,9,10). The summed E-state index contributed by atoms with van der Waals surface area (Å²) in [6.07, 6.45) is 7.22. The number of rotatable bonds is 4. The van der Waals surface area contributed by atoms with Crippen LogP contribution in [0.15, 0.2) is 24.8 Å². The molecule has 2 heterocycles. The van der Waals surface area contributed by atoms with Crippen molar-refractivity contribution in [3.05, 3.63) is 24.8 Å². The number of nitrogens with one attached hydrogen (secondary N) is 1. The highest BCUT2D eigenvalue weighted by molar-refractivity contribution is 5.23. The van der Waals surface area contributed by atoms with E-state index >= 15 is 0 Å². The average molecular weight is 192 g/mol. The Morgan fingerprint density at radius 2 is 2.21 bits per heavy atom. The second-order valence-corrected chi connectivity index (χ2v) is 2.86. The number of hydrogen-bond donors (Lipinski definition) is 1. The van der Waals surface area contributed by atoms with Gasteiger partial charge in [0.15, 0.2) is 0 Å². The van der Waals surface area contributed by atoms with E-state index in [4.69, 9.17) is 0 Å². The number of imidazole rings is 1. The van der Waals surface area contributed by atoms with E-state index in [0.29, 0.717) is 0 Å². The third-order valence-electron chi connectivity index (χ3n) is 1.98. The zero-order valence-electron chi connectivity index (χ0n) is 7.96. The zero-order valence-corrected chi connectivity index (χ0v) is 7.96. The molecular formula is C8H12N6. The van der Waals surface area contributed by atoms with Crippen LogP contribution in [0.25, 0.3) is 0 Å². The smallest absolute Gasteiger partial charge is 0.202 e. The summed E-state index contributed by atoms with van der Waals surface area (Å²) in [5.74, 6) is 0.866. The van der Waals surface area contributed by atoms with E-state index in [9.17, 15) is 0 Å². The first-order valence-corrected chi connectivity index (χ1v) is 4.43. The molecule has 2 rings (SSSR count). The van der Waals surface area contributed by atoms with E-state index in [2.05, 4.69) is 20.6 Å². The van der Waals surface area contributed by atoms with Crippen LogP contribution >= 0.6 is 0 Å². The van der Waals surface area contributed by atoms with Crippen molar-refractivity contribution < 1.29 is 0 Å². The van der Waals surface area contributed by atoms with Gasteiger partial charge in [0.2, 0.25) is 5.95 Å². The van der Waals surface area contributed by atoms with Gasteiger partial charge in [-0.25, -0.2) is 4.98 Å². The van der Waals surface area contributed by atoms with Crippen LogP contribution in [-0.2, 0) is 13.1 Å². The normalized spacial score (nSPS) is 10.4. The minimum atomic E-state index is 0.797. The first kappa shape index (κ1) is 8.74. The van der Waals surface area contributed by atoms with Crippen molar-refractivity contribution in [2.24, 2.45) is 0 Å². The second-order valence-electron chi connectivity index (χ2n) is 2.86. The maximum atomic E-state index is 4.14. The maximum absolute atomic E-state index is 4.14. The third-order valence-corrected chi connectivity index (χ3v) is 1.98. The molecule has 0 aromatic carbocycles. The van der Waals surface area contributed by atoms with Crippen molar-refractivity contribution in [3.63, 3.8) is 0 Å². The molecule has 6 heteroatoms. The molecule has 0 saturated heterocycles. The number of hydrogen-bond acceptors (Lipinski definition) is 4. The Bertz CT molecular complexity index is 376. The molecule has 0 saturated carbocycles. The topological polar surface area (TPSA) is 60.6 Å². The molecule has 0 spiro atoms. The average Bonchev–Trinajstić information content (AvgIpc) is 2.85. The van der Waals surface area contributed by atoms with Crippen LogP contribution in [0, 0.1) is 0 Å². The fraction of sp³-hybridized carbons (Fsp3) is 0.375. The van der Waals surface area contributed by atoms with Crippen LogP contribution < -0.4 is 5.32 Å². The van der Waals surface area contributed by atoms with Gasteiger partial charge < -0.3 is 9.88 Å². The van der Waals surface area contributed by atoms with Gasteiger partial charge in [-0.15, -0.1) is 5.10 Å². The van der Waals surface area contributed by atoms with Gasteiger partial charge in [0, 0.05) is 32.2 Å². The summed E-state index contributed by atoms with van der Waals surface area (Å²) in [6.45, 7) is 1.63. The van der Waals surface area contributed by atoms with E-state index in [1.807, 2.05) is 24.0 Å². The SMILES string of the molecule is CNc1nccn1CCn1ccnn1. The monoisotopic (exact) mass is 192 g/mol. The molecule has 14 heavy (non-hydrogen) atoms. The van der Waals surface area contributed by atoms with Crippen LogP contribution in [0.5, 0.6) is 0 Å². The Kier molecular flexibility index (Phi) is 2.44. The van der Waals surface area contributed by atoms with Crippen LogP contribution in [0.3, 0.4) is 0 Å². The van der Waals surface area contributed by atoms with E-state index in [1.165, 1.54) is 0 Å². The minimum absolute atomic E-state index is 0.797. The highest BCUT2D eigenvalue weighted by Gasteiger charge is 1.99. The van der Waals surface area contributed by atoms with E-state index < -0.39 is 0 Å². The molecule has 0 unspecified atom stereocenters. The predicted molar refractivity (Wildman–Crippen MR) is 51.8 cm³/mol. The third kappa shape index (κ3) is 1.73. The van der Waals surface area contributed by atoms with Crippen molar-refractivity contribution in [1.82, 2.24) is 24.5 Å². The molecule has 0 aliphatic rings. The molecule has 0 atom stereocenters. The van der Waals surface area contributed by atoms with Crippen LogP contribution in [0.2, 0.25) is 0 Å². The quantitative estimate of drug-likeness (QED) is 0.752. The number of aryl methyl sites for hydroxylation is 2. The molecule has 0 amide bonds. The van der Waals surface area contributed by atoms with Crippen molar-refractivity contribution in [2.45, 2.75) is 13.1 Å². The Morgan fingerprint density at radius 1 is 1.29 bits per heavy atom. The first-order chi connectivity index (χ1) is 6.90. The van der Waals surface area contributed by atoms with E-state index in [0.717, 1.165) is 19.0 Å². The molecule has 2 aromatic rings. The second kappa shape index (κ2) is 3.91. The highest BCUT2D eigenvalue weighted by Crippen LogP contribution is 2.02. The van der Waals surface area contributed by atoms with Crippen molar-refractivity contribution in [1.29, 1.82) is 0 Å². The van der Waals surface area contributed by atoms with Gasteiger partial charge in [-0.1, -0.05) is 5.21 Å². The summed E-state index contributed by atoms with van der Waals surface area (Å²) < 4.78 is 3.82. The summed E-state index contributed by atoms with van der Waals surface area (Å²) in [6, 6.07) is 0. The van der Waals surface area contributed by atoms with Gasteiger partial charge in [-0.05, 0) is 0 Å². The lowest BCUT2D eigenvalue weighted by Gasteiger charge is -2.06. The summed E-state index contributed by atoms with van der Waals surface area (Å²) >= 11 is 0. The fourth-order valence-electron chi connectivity index (χ4n) is 1.28. The fourth-order valence-corrected chi connectivity index (χ4v) is 1.28. The molecule has 0 fully saturated rings. The predicted octanol–water partition coefficient (Wildman–Crippen LogP) is 0.216. The van der Waals surface area contributed by atoms with Gasteiger partial charge >= 0.3 is 0 Å². The van der Waals surface area contributed by atoms with Crippen LogP contribution in [-0.4, -0.2) is 31.6 Å². The highest BCUT2D eigenvalue weighted by atomic mass is 15.4. The number of nitrogens with zero attached hydrogens (tertiary/aromatic N) is 5. The Labute approximate surface area is 81.6 Å². The Balaban J connectivity index is 1.98. The largest absolute Gasteiger partial charge is 0.359 e. The first-order valence-electron chi connectivity index (χ1n) is 4.43. The zero-order chi connectivity index (χ0) is 9.80. The summed E-state index contributed by atoms with van der Waals surface area (Å²) in [7, 11) is 1.86. The molecule has 0 radical (unpaired) electrons. The maximum Gasteiger partial charge on any atom is 0.202 e. The van der Waals surface area contributed by atoms with Gasteiger partial charge in [0.05, 0.1) is 12.7 Å². The molecule has 0 bridgehead atoms. The molecule has 6 nitrogen and oxygen atoms in total. The van der Waals surface area contributed by atoms with E-state index in [1.54, 1.807) is 17.1 Å². The van der Waals surface area contributed by atoms with Crippen LogP contribution in [0.1, 0.15) is 0 Å². The summed E-state index contributed by atoms with van der Waals surface area (Å²) in [4.78, 5) is 4.14. The molecule has 1 N–H and O–H groups in total. The van der Waals surface area contributed by atoms with Gasteiger partial charge in [0.25, 0.3) is 0 Å². The number of aromatic nitrogens is 5. The van der Waals surface area contributed by atoms with Gasteiger partial charge in [-0.2, -0.15) is 0 Å². The summed E-state index contributed by atoms with van der Waals surface area (Å²) in [5.41, 5.74) is 0. The minimum Gasteiger partial charge on any atom is -0.359 e. The van der Waals surface area contributed by atoms with Crippen molar-refractivity contribution in [2.75, 3.05) is 12.4 Å². The van der Waals surface area contributed by atoms with Crippen molar-refractivity contribution >= 4 is 5.95 Å². The van der Waals surface area contributed by atoms with E-state index in [-0.39, 0.29) is 0 Å². The van der Waals surface area contributed by atoms with Crippen molar-refractivity contribution in [3.8, 4) is 0 Å². The van der Waals surface area contributed by atoms with Gasteiger partial charge in [-0.3, -0.25) is 4.68 Å². The lowest BCUT2D eigenvalue weighted by molar-refractivity contribution is 0.522. The molecule has 74 valence electrons. The molecule has 0 aliphatic heterocycles. The lowest BCUT2D eigenvalue weighted by atomic mass is 10.6. The Morgan fingerprint density at radius 3 is 2.93 bits per heavy atom.